The van der Waals surface area contributed by atoms with Gasteiger partial charge in [0, 0.05) is 11.5 Å². The molecule has 0 aromatic heterocycles. The van der Waals surface area contributed by atoms with Crippen LogP contribution in [0.4, 0.5) is 0 Å². The van der Waals surface area contributed by atoms with E-state index in [0.29, 0.717) is 29.8 Å². The number of aliphatic hydroxyl groups excluding tert-OH is 2. The molecule has 1 aromatic rings. The first-order valence-corrected chi connectivity index (χ1v) is 12.2. The molecule has 1 aliphatic carbocycles. The van der Waals surface area contributed by atoms with Crippen LogP contribution in [-0.4, -0.2) is 49.2 Å². The van der Waals surface area contributed by atoms with E-state index in [4.69, 9.17) is 19.3 Å². The maximum atomic E-state index is 12.0. The second-order valence-corrected chi connectivity index (χ2v) is 9.00. The maximum absolute atomic E-state index is 12.0. The Kier molecular flexibility index (Phi) is 11.9. The minimum absolute atomic E-state index is 0.0311. The maximum Gasteiger partial charge on any atom is 0.335 e. The van der Waals surface area contributed by atoms with Crippen LogP contribution in [0.15, 0.2) is 60.9 Å². The molecule has 188 valence electrons. The number of hydrogen-bond acceptors (Lipinski definition) is 6. The Bertz CT molecular complexity index is 773. The predicted octanol–water partition coefficient (Wildman–Crippen LogP) is 4.93. The van der Waals surface area contributed by atoms with Crippen molar-refractivity contribution in [3.63, 3.8) is 0 Å². The number of rotatable bonds is 15. The summed E-state index contributed by atoms with van der Waals surface area (Å²) in [6.07, 6.45) is 6.23. The van der Waals surface area contributed by atoms with Gasteiger partial charge in [0.15, 0.2) is 0 Å². The molecule has 2 N–H and O–H groups in total. The smallest absolute Gasteiger partial charge is 0.335 e. The van der Waals surface area contributed by atoms with E-state index in [1.807, 2.05) is 0 Å². The number of aliphatic hydroxyl groups is 2. The first kappa shape index (κ1) is 27.7. The van der Waals surface area contributed by atoms with Gasteiger partial charge in [0.25, 0.3) is 0 Å². The molecule has 6 heteroatoms. The average Bonchev–Trinajstić information content (AvgIpc) is 2.88. The lowest BCUT2D eigenvalue weighted by Gasteiger charge is -2.34. The van der Waals surface area contributed by atoms with E-state index >= 15 is 0 Å². The molecule has 1 aliphatic rings. The summed E-state index contributed by atoms with van der Waals surface area (Å²) < 4.78 is 16.9. The van der Waals surface area contributed by atoms with Crippen molar-refractivity contribution in [2.75, 3.05) is 33.0 Å². The average molecular weight is 473 g/mol. The molecule has 0 aliphatic heterocycles. The van der Waals surface area contributed by atoms with Crippen molar-refractivity contribution in [2.24, 2.45) is 11.8 Å². The molecular weight excluding hydrogens is 432 g/mol. The van der Waals surface area contributed by atoms with Crippen LogP contribution in [0.25, 0.3) is 0 Å². The molecule has 2 rings (SSSR count). The van der Waals surface area contributed by atoms with Crippen molar-refractivity contribution in [3.05, 3.63) is 66.5 Å². The van der Waals surface area contributed by atoms with Crippen LogP contribution >= 0.6 is 0 Å². The molecule has 0 saturated heterocycles. The molecule has 0 radical (unpaired) electrons. The van der Waals surface area contributed by atoms with E-state index in [0.717, 1.165) is 50.9 Å². The quantitative estimate of drug-likeness (QED) is 0.124. The second-order valence-electron chi connectivity index (χ2n) is 9.00. The van der Waals surface area contributed by atoms with E-state index in [9.17, 15) is 9.90 Å². The summed E-state index contributed by atoms with van der Waals surface area (Å²) >= 11 is 0. The normalized spacial score (nSPS) is 18.6. The monoisotopic (exact) mass is 472 g/mol. The third-order valence-corrected chi connectivity index (χ3v) is 6.52. The number of hydrogen-bond donors (Lipinski definition) is 2. The van der Waals surface area contributed by atoms with Crippen LogP contribution in [0.1, 0.15) is 56.9 Å². The number of esters is 1. The summed E-state index contributed by atoms with van der Waals surface area (Å²) in [5, 5.41) is 18.4. The molecule has 34 heavy (non-hydrogen) atoms. The van der Waals surface area contributed by atoms with Crippen LogP contribution in [0.5, 0.6) is 5.75 Å². The number of carbonyl (C=O) groups excluding carboxylic acids is 1. The molecule has 1 unspecified atom stereocenters. The van der Waals surface area contributed by atoms with Crippen molar-refractivity contribution < 1.29 is 29.2 Å². The van der Waals surface area contributed by atoms with Crippen molar-refractivity contribution in [3.8, 4) is 5.75 Å². The van der Waals surface area contributed by atoms with Gasteiger partial charge in [-0.25, -0.2) is 4.79 Å². The third kappa shape index (κ3) is 8.65. The highest BCUT2D eigenvalue weighted by Crippen LogP contribution is 2.39. The summed E-state index contributed by atoms with van der Waals surface area (Å²) in [4.78, 5) is 12.0. The fraction of sp³-hybridized carbons (Fsp3) is 0.536. The Balaban J connectivity index is 1.94. The largest absolute Gasteiger partial charge is 0.494 e. The fourth-order valence-electron chi connectivity index (χ4n) is 4.16. The lowest BCUT2D eigenvalue weighted by Crippen LogP contribution is -2.30. The van der Waals surface area contributed by atoms with E-state index < -0.39 is 12.6 Å². The topological polar surface area (TPSA) is 85.2 Å². The Morgan fingerprint density at radius 1 is 0.971 bits per heavy atom. The zero-order valence-electron chi connectivity index (χ0n) is 20.5. The van der Waals surface area contributed by atoms with Gasteiger partial charge >= 0.3 is 5.97 Å². The Hall–Kier alpha value is -2.57. The van der Waals surface area contributed by atoms with Crippen molar-refractivity contribution in [1.82, 2.24) is 0 Å². The Morgan fingerprint density at radius 2 is 1.59 bits per heavy atom. The molecule has 1 saturated carbocycles. The Morgan fingerprint density at radius 3 is 2.18 bits per heavy atom. The summed E-state index contributed by atoms with van der Waals surface area (Å²) in [6, 6.07) is 8.45. The van der Waals surface area contributed by atoms with Gasteiger partial charge in [0.05, 0.1) is 38.6 Å². The highest BCUT2D eigenvalue weighted by Gasteiger charge is 2.30. The first-order valence-electron chi connectivity index (χ1n) is 12.2. The highest BCUT2D eigenvalue weighted by atomic mass is 16.5. The van der Waals surface area contributed by atoms with Gasteiger partial charge in [-0.1, -0.05) is 45.2 Å². The van der Waals surface area contributed by atoms with Crippen molar-refractivity contribution in [1.29, 1.82) is 0 Å². The molecule has 0 bridgehead atoms. The molecule has 0 heterocycles. The number of carbonyl (C=O) groups is 1. The van der Waals surface area contributed by atoms with Gasteiger partial charge in [-0.15, -0.1) is 0 Å². The molecule has 1 fully saturated rings. The molecule has 0 amide bonds. The van der Waals surface area contributed by atoms with Crippen molar-refractivity contribution in [2.45, 2.75) is 51.4 Å². The highest BCUT2D eigenvalue weighted by molar-refractivity contribution is 5.87. The summed E-state index contributed by atoms with van der Waals surface area (Å²) in [5.74, 6) is 1.43. The Labute approximate surface area is 203 Å². The summed E-state index contributed by atoms with van der Waals surface area (Å²) in [5.41, 5.74) is 1.78. The van der Waals surface area contributed by atoms with Crippen LogP contribution in [0.3, 0.4) is 0 Å². The van der Waals surface area contributed by atoms with Crippen LogP contribution in [0, 0.1) is 11.8 Å². The fourth-order valence-corrected chi connectivity index (χ4v) is 4.16. The minimum atomic E-state index is -0.596. The zero-order chi connectivity index (χ0) is 24.9. The SMILES string of the molecule is C=C(CO)C(=C)OCC(COC(=O)C(=C)CO)C1CCC(c2ccc(OCCCC)cc2)CC1. The van der Waals surface area contributed by atoms with Gasteiger partial charge in [-0.05, 0) is 61.6 Å². The van der Waals surface area contributed by atoms with Gasteiger partial charge in [-0.2, -0.15) is 0 Å². The van der Waals surface area contributed by atoms with Crippen LogP contribution < -0.4 is 4.74 Å². The number of benzene rings is 1. The first-order chi connectivity index (χ1) is 16.4. The van der Waals surface area contributed by atoms with Crippen LogP contribution in [0.2, 0.25) is 0 Å². The van der Waals surface area contributed by atoms with Crippen molar-refractivity contribution >= 4 is 5.97 Å². The van der Waals surface area contributed by atoms with E-state index in [-0.39, 0.29) is 24.7 Å². The summed E-state index contributed by atoms with van der Waals surface area (Å²) in [7, 11) is 0. The van der Waals surface area contributed by atoms with Gasteiger partial charge in [0.2, 0.25) is 0 Å². The molecule has 0 spiro atoms. The lowest BCUT2D eigenvalue weighted by molar-refractivity contribution is -0.142. The van der Waals surface area contributed by atoms with E-state index in [1.54, 1.807) is 0 Å². The van der Waals surface area contributed by atoms with E-state index in [1.165, 1.54) is 5.56 Å². The van der Waals surface area contributed by atoms with Gasteiger partial charge < -0.3 is 24.4 Å². The number of unbranched alkanes of at least 4 members (excludes halogenated alkanes) is 1. The molecule has 6 nitrogen and oxygen atoms in total. The molecular formula is C28H40O6. The zero-order valence-corrected chi connectivity index (χ0v) is 20.5. The molecule has 1 atom stereocenters. The number of ether oxygens (including phenoxy) is 3. The van der Waals surface area contributed by atoms with Crippen LogP contribution in [-0.2, 0) is 14.3 Å². The van der Waals surface area contributed by atoms with E-state index in [2.05, 4.69) is 50.9 Å². The summed E-state index contributed by atoms with van der Waals surface area (Å²) in [6.45, 7) is 13.8. The lowest BCUT2D eigenvalue weighted by atomic mass is 9.74. The standard InChI is InChI=1S/C28H40O6/c1-5-6-15-32-27-13-11-24(12-14-27)23-7-9-25(10-8-23)26(18-33-22(4)20(2)16-29)19-34-28(31)21(3)17-30/h11-14,23,25-26,29-30H,2-10,15-19H2,1H3. The van der Waals surface area contributed by atoms with Gasteiger partial charge in [-0.3, -0.25) is 0 Å². The minimum Gasteiger partial charge on any atom is -0.494 e. The molecule has 1 aromatic carbocycles. The second kappa shape index (κ2) is 14.6. The van der Waals surface area contributed by atoms with Gasteiger partial charge in [0.1, 0.15) is 11.5 Å². The third-order valence-electron chi connectivity index (χ3n) is 6.52. The predicted molar refractivity (Wildman–Crippen MR) is 134 cm³/mol.